The van der Waals surface area contributed by atoms with Crippen LogP contribution in [0.5, 0.6) is 0 Å². The number of hydrogen-bond donors (Lipinski definition) is 1. The van der Waals surface area contributed by atoms with Gasteiger partial charge in [-0.25, -0.2) is 0 Å². The van der Waals surface area contributed by atoms with Crippen LogP contribution in [0.15, 0.2) is 24.3 Å². The molecule has 1 N–H and O–H groups in total. The summed E-state index contributed by atoms with van der Waals surface area (Å²) in [6.07, 6.45) is 11.4. The molecule has 1 aromatic carbocycles. The van der Waals surface area contributed by atoms with E-state index in [2.05, 4.69) is 23.5 Å². The second kappa shape index (κ2) is 5.97. The third-order valence-electron chi connectivity index (χ3n) is 5.39. The summed E-state index contributed by atoms with van der Waals surface area (Å²) in [5, 5.41) is 12.5. The average molecular weight is 268 g/mol. The van der Waals surface area contributed by atoms with Crippen molar-refractivity contribution in [3.05, 3.63) is 35.4 Å². The summed E-state index contributed by atoms with van der Waals surface area (Å²) in [5.41, 5.74) is 2.76. The molecule has 2 aliphatic rings. The fourth-order valence-electron chi connectivity index (χ4n) is 4.02. The first-order valence-electron chi connectivity index (χ1n) is 8.02. The van der Waals surface area contributed by atoms with Crippen LogP contribution in [0.2, 0.25) is 0 Å². The highest BCUT2D eigenvalue weighted by Crippen LogP contribution is 2.48. The Morgan fingerprint density at radius 3 is 2.30 bits per heavy atom. The quantitative estimate of drug-likeness (QED) is 0.894. The minimum atomic E-state index is 0.692. The van der Waals surface area contributed by atoms with Gasteiger partial charge in [0.05, 0.1) is 11.6 Å². The van der Waals surface area contributed by atoms with Crippen molar-refractivity contribution in [2.75, 3.05) is 0 Å². The SMILES string of the molecule is N#Cc1ccc(CNC2CCC3(CCCC3)CC2)cc1. The van der Waals surface area contributed by atoms with Crippen LogP contribution in [-0.2, 0) is 6.54 Å². The summed E-state index contributed by atoms with van der Waals surface area (Å²) in [4.78, 5) is 0. The Kier molecular flexibility index (Phi) is 4.08. The molecule has 2 aliphatic carbocycles. The van der Waals surface area contributed by atoms with Crippen molar-refractivity contribution in [3.8, 4) is 6.07 Å². The molecule has 2 saturated carbocycles. The van der Waals surface area contributed by atoms with Gasteiger partial charge in [-0.05, 0) is 61.6 Å². The van der Waals surface area contributed by atoms with Gasteiger partial charge in [0.25, 0.3) is 0 Å². The van der Waals surface area contributed by atoms with Crippen LogP contribution in [0.25, 0.3) is 0 Å². The predicted molar refractivity (Wildman–Crippen MR) is 81.2 cm³/mol. The molecule has 0 atom stereocenters. The summed E-state index contributed by atoms with van der Waals surface area (Å²) in [6.45, 7) is 0.934. The Bertz CT molecular complexity index is 467. The molecule has 1 spiro atoms. The second-order valence-corrected chi connectivity index (χ2v) is 6.67. The molecule has 20 heavy (non-hydrogen) atoms. The first-order valence-corrected chi connectivity index (χ1v) is 8.02. The van der Waals surface area contributed by atoms with E-state index in [4.69, 9.17) is 5.26 Å². The van der Waals surface area contributed by atoms with Gasteiger partial charge in [-0.3, -0.25) is 0 Å². The number of nitrogens with one attached hydrogen (secondary N) is 1. The van der Waals surface area contributed by atoms with Gasteiger partial charge in [0, 0.05) is 12.6 Å². The maximum absolute atomic E-state index is 8.80. The van der Waals surface area contributed by atoms with E-state index >= 15 is 0 Å². The van der Waals surface area contributed by atoms with E-state index in [9.17, 15) is 0 Å². The molecule has 0 bridgehead atoms. The Morgan fingerprint density at radius 2 is 1.70 bits per heavy atom. The standard InChI is InChI=1S/C18H24N2/c19-13-15-3-5-16(6-4-15)14-20-17-7-11-18(12-8-17)9-1-2-10-18/h3-6,17,20H,1-2,7-12,14H2. The van der Waals surface area contributed by atoms with E-state index in [-0.39, 0.29) is 0 Å². The highest BCUT2D eigenvalue weighted by molar-refractivity contribution is 5.31. The molecule has 2 heteroatoms. The van der Waals surface area contributed by atoms with Gasteiger partial charge >= 0.3 is 0 Å². The van der Waals surface area contributed by atoms with Crippen LogP contribution in [0, 0.1) is 16.7 Å². The Labute approximate surface area is 122 Å². The fourth-order valence-corrected chi connectivity index (χ4v) is 4.02. The number of nitriles is 1. The molecule has 3 rings (SSSR count). The van der Waals surface area contributed by atoms with Crippen LogP contribution < -0.4 is 5.32 Å². The van der Waals surface area contributed by atoms with Crippen molar-refractivity contribution in [2.45, 2.75) is 64.0 Å². The molecule has 1 aromatic rings. The van der Waals surface area contributed by atoms with E-state index in [1.54, 1.807) is 0 Å². The van der Waals surface area contributed by atoms with Crippen LogP contribution in [0.1, 0.15) is 62.5 Å². The molecule has 0 unspecified atom stereocenters. The zero-order valence-electron chi connectivity index (χ0n) is 12.2. The summed E-state index contributed by atoms with van der Waals surface area (Å²) in [5.74, 6) is 0. The van der Waals surface area contributed by atoms with Crippen LogP contribution in [0.4, 0.5) is 0 Å². The number of benzene rings is 1. The third-order valence-corrected chi connectivity index (χ3v) is 5.39. The minimum Gasteiger partial charge on any atom is -0.310 e. The van der Waals surface area contributed by atoms with Gasteiger partial charge in [-0.15, -0.1) is 0 Å². The van der Waals surface area contributed by atoms with E-state index in [1.165, 1.54) is 56.9 Å². The molecule has 106 valence electrons. The molecule has 0 aliphatic heterocycles. The number of hydrogen-bond acceptors (Lipinski definition) is 2. The largest absolute Gasteiger partial charge is 0.310 e. The van der Waals surface area contributed by atoms with Crippen molar-refractivity contribution >= 4 is 0 Å². The van der Waals surface area contributed by atoms with Gasteiger partial charge in [0.15, 0.2) is 0 Å². The molecular formula is C18H24N2. The predicted octanol–water partition coefficient (Wildman–Crippen LogP) is 4.15. The molecule has 2 fully saturated rings. The van der Waals surface area contributed by atoms with Crippen molar-refractivity contribution in [2.24, 2.45) is 5.41 Å². The molecule has 0 radical (unpaired) electrons. The van der Waals surface area contributed by atoms with Crippen molar-refractivity contribution in [1.82, 2.24) is 5.32 Å². The summed E-state index contributed by atoms with van der Waals surface area (Å²) >= 11 is 0. The van der Waals surface area contributed by atoms with Gasteiger partial charge in [0.2, 0.25) is 0 Å². The minimum absolute atomic E-state index is 0.692. The lowest BCUT2D eigenvalue weighted by molar-refractivity contribution is 0.168. The Hall–Kier alpha value is -1.33. The topological polar surface area (TPSA) is 35.8 Å². The molecule has 2 nitrogen and oxygen atoms in total. The first kappa shape index (κ1) is 13.6. The lowest BCUT2D eigenvalue weighted by atomic mass is 9.71. The van der Waals surface area contributed by atoms with Crippen LogP contribution in [0.3, 0.4) is 0 Å². The van der Waals surface area contributed by atoms with Gasteiger partial charge in [-0.1, -0.05) is 25.0 Å². The van der Waals surface area contributed by atoms with E-state index in [0.717, 1.165) is 17.5 Å². The van der Waals surface area contributed by atoms with Crippen LogP contribution >= 0.6 is 0 Å². The Morgan fingerprint density at radius 1 is 1.05 bits per heavy atom. The zero-order chi connectivity index (χ0) is 13.8. The lowest BCUT2D eigenvalue weighted by Crippen LogP contribution is -2.36. The van der Waals surface area contributed by atoms with Crippen LogP contribution in [-0.4, -0.2) is 6.04 Å². The second-order valence-electron chi connectivity index (χ2n) is 6.67. The molecular weight excluding hydrogens is 244 g/mol. The van der Waals surface area contributed by atoms with Crippen molar-refractivity contribution < 1.29 is 0 Å². The fraction of sp³-hybridized carbons (Fsp3) is 0.611. The molecule has 0 aromatic heterocycles. The molecule has 0 amide bonds. The van der Waals surface area contributed by atoms with Gasteiger partial charge in [-0.2, -0.15) is 5.26 Å². The highest BCUT2D eigenvalue weighted by Gasteiger charge is 2.37. The summed E-state index contributed by atoms with van der Waals surface area (Å²) in [7, 11) is 0. The third kappa shape index (κ3) is 3.04. The smallest absolute Gasteiger partial charge is 0.0991 e. The van der Waals surface area contributed by atoms with E-state index < -0.39 is 0 Å². The van der Waals surface area contributed by atoms with Gasteiger partial charge < -0.3 is 5.32 Å². The van der Waals surface area contributed by atoms with Gasteiger partial charge in [0.1, 0.15) is 0 Å². The monoisotopic (exact) mass is 268 g/mol. The number of rotatable bonds is 3. The van der Waals surface area contributed by atoms with E-state index in [0.29, 0.717) is 6.04 Å². The Balaban J connectivity index is 1.46. The molecule has 0 saturated heterocycles. The zero-order valence-corrected chi connectivity index (χ0v) is 12.2. The first-order chi connectivity index (χ1) is 9.80. The maximum atomic E-state index is 8.80. The lowest BCUT2D eigenvalue weighted by Gasteiger charge is -2.37. The normalized spacial score (nSPS) is 21.9. The summed E-state index contributed by atoms with van der Waals surface area (Å²) < 4.78 is 0. The van der Waals surface area contributed by atoms with Crippen molar-refractivity contribution in [1.29, 1.82) is 5.26 Å². The average Bonchev–Trinajstić information content (AvgIpc) is 2.96. The summed E-state index contributed by atoms with van der Waals surface area (Å²) in [6, 6.07) is 10.8. The van der Waals surface area contributed by atoms with E-state index in [1.807, 2.05) is 12.1 Å². The number of nitrogens with zero attached hydrogens (tertiary/aromatic N) is 1. The highest BCUT2D eigenvalue weighted by atomic mass is 14.9. The molecule has 0 heterocycles. The van der Waals surface area contributed by atoms with Crippen molar-refractivity contribution in [3.63, 3.8) is 0 Å². The maximum Gasteiger partial charge on any atom is 0.0991 e.